The van der Waals surface area contributed by atoms with Crippen LogP contribution in [0.2, 0.25) is 0 Å². The van der Waals surface area contributed by atoms with Gasteiger partial charge in [-0.15, -0.1) is 0 Å². The van der Waals surface area contributed by atoms with Crippen LogP contribution in [-0.2, 0) is 14.4 Å². The third-order valence-electron chi connectivity index (χ3n) is 3.42. The molecule has 6 nitrogen and oxygen atoms in total. The van der Waals surface area contributed by atoms with E-state index in [-0.39, 0.29) is 5.92 Å². The summed E-state index contributed by atoms with van der Waals surface area (Å²) in [6.45, 7) is 4.15. The molecule has 0 unspecified atom stereocenters. The van der Waals surface area contributed by atoms with E-state index in [1.807, 2.05) is 13.8 Å². The number of rotatable bonds is 7. The van der Waals surface area contributed by atoms with Crippen LogP contribution in [0, 0.1) is 11.8 Å². The summed E-state index contributed by atoms with van der Waals surface area (Å²) in [6, 6.07) is 0. The number of ether oxygens (including phenoxy) is 1. The zero-order valence-corrected chi connectivity index (χ0v) is 12.3. The monoisotopic (exact) mass is 287 g/mol. The van der Waals surface area contributed by atoms with Crippen molar-refractivity contribution in [1.82, 2.24) is 5.48 Å². The molecule has 0 heterocycles. The van der Waals surface area contributed by atoms with E-state index < -0.39 is 18.2 Å². The lowest BCUT2D eigenvalue weighted by atomic mass is 9.90. The first-order valence-electron chi connectivity index (χ1n) is 7.30. The largest absolute Gasteiger partial charge is 0.479 e. The van der Waals surface area contributed by atoms with Crippen molar-refractivity contribution in [1.29, 1.82) is 0 Å². The number of carbonyl (C=O) groups excluding carboxylic acids is 1. The Labute approximate surface area is 119 Å². The molecule has 1 aliphatic rings. The van der Waals surface area contributed by atoms with Crippen molar-refractivity contribution in [3.8, 4) is 0 Å². The standard InChI is InChI=1S/C14H25NO5/c1-10(2)8-12(13(16)17)20-15-14(18)19-9-11-6-4-3-5-7-11/h10-12H,3-9H2,1-2H3,(H,15,18)(H,16,17)/t12-/m1/s1. The number of aliphatic carboxylic acids is 1. The molecule has 6 heteroatoms. The maximum atomic E-state index is 11.4. The van der Waals surface area contributed by atoms with Crippen molar-refractivity contribution < 1.29 is 24.3 Å². The molecule has 0 aromatic rings. The van der Waals surface area contributed by atoms with Gasteiger partial charge in [0.15, 0.2) is 6.10 Å². The minimum Gasteiger partial charge on any atom is -0.479 e. The van der Waals surface area contributed by atoms with Crippen LogP contribution in [0.1, 0.15) is 52.4 Å². The van der Waals surface area contributed by atoms with Gasteiger partial charge in [-0.1, -0.05) is 33.1 Å². The fourth-order valence-electron chi connectivity index (χ4n) is 2.32. The van der Waals surface area contributed by atoms with Crippen molar-refractivity contribution in [2.75, 3.05) is 6.61 Å². The lowest BCUT2D eigenvalue weighted by Crippen LogP contribution is -2.36. The van der Waals surface area contributed by atoms with E-state index >= 15 is 0 Å². The predicted molar refractivity (Wildman–Crippen MR) is 73.0 cm³/mol. The second-order valence-electron chi connectivity index (χ2n) is 5.78. The highest BCUT2D eigenvalue weighted by Crippen LogP contribution is 2.23. The molecule has 20 heavy (non-hydrogen) atoms. The maximum absolute atomic E-state index is 11.4. The zero-order chi connectivity index (χ0) is 15.0. The molecule has 1 amide bonds. The summed E-state index contributed by atoms with van der Waals surface area (Å²) in [5, 5.41) is 8.95. The normalized spacial score (nSPS) is 17.8. The molecule has 0 saturated heterocycles. The highest BCUT2D eigenvalue weighted by Gasteiger charge is 2.22. The molecule has 0 aromatic heterocycles. The van der Waals surface area contributed by atoms with Gasteiger partial charge in [0.1, 0.15) is 0 Å². The Hall–Kier alpha value is -1.30. The third-order valence-corrected chi connectivity index (χ3v) is 3.42. The summed E-state index contributed by atoms with van der Waals surface area (Å²) >= 11 is 0. The average Bonchev–Trinajstić information content (AvgIpc) is 2.41. The van der Waals surface area contributed by atoms with E-state index in [1.54, 1.807) is 0 Å². The molecule has 1 aliphatic carbocycles. The first-order valence-corrected chi connectivity index (χ1v) is 7.30. The molecule has 0 radical (unpaired) electrons. The molecule has 0 aromatic carbocycles. The minimum absolute atomic E-state index is 0.163. The Morgan fingerprint density at radius 1 is 1.25 bits per heavy atom. The number of amides is 1. The number of hydrogen-bond donors (Lipinski definition) is 2. The van der Waals surface area contributed by atoms with Gasteiger partial charge in [0, 0.05) is 0 Å². The van der Waals surface area contributed by atoms with E-state index in [9.17, 15) is 9.59 Å². The Morgan fingerprint density at radius 2 is 1.90 bits per heavy atom. The van der Waals surface area contributed by atoms with E-state index in [0.717, 1.165) is 12.8 Å². The Balaban J connectivity index is 2.21. The van der Waals surface area contributed by atoms with Crippen LogP contribution in [0.3, 0.4) is 0 Å². The van der Waals surface area contributed by atoms with Crippen LogP contribution in [0.25, 0.3) is 0 Å². The molecule has 1 fully saturated rings. The first-order chi connectivity index (χ1) is 9.49. The number of carboxylic acid groups (broad SMARTS) is 1. The molecule has 1 atom stereocenters. The fourth-order valence-corrected chi connectivity index (χ4v) is 2.32. The molecular formula is C14H25NO5. The van der Waals surface area contributed by atoms with Gasteiger partial charge in [-0.25, -0.2) is 9.59 Å². The molecule has 0 bridgehead atoms. The molecule has 116 valence electrons. The molecule has 2 N–H and O–H groups in total. The summed E-state index contributed by atoms with van der Waals surface area (Å²) < 4.78 is 5.05. The van der Waals surface area contributed by atoms with E-state index in [0.29, 0.717) is 18.9 Å². The predicted octanol–water partition coefficient (Wildman–Crippen LogP) is 2.72. The number of hydrogen-bond acceptors (Lipinski definition) is 4. The third kappa shape index (κ3) is 6.75. The van der Waals surface area contributed by atoms with E-state index in [4.69, 9.17) is 14.7 Å². The number of carbonyl (C=O) groups is 2. The van der Waals surface area contributed by atoms with Crippen LogP contribution in [-0.4, -0.2) is 29.9 Å². The summed E-state index contributed by atoms with van der Waals surface area (Å²) in [5.74, 6) is -0.511. The average molecular weight is 287 g/mol. The van der Waals surface area contributed by atoms with Crippen LogP contribution < -0.4 is 5.48 Å². The lowest BCUT2D eigenvalue weighted by molar-refractivity contribution is -0.156. The fraction of sp³-hybridized carbons (Fsp3) is 0.857. The van der Waals surface area contributed by atoms with Gasteiger partial charge in [-0.3, -0.25) is 4.84 Å². The Kier molecular flexibility index (Phi) is 7.36. The van der Waals surface area contributed by atoms with Gasteiger partial charge in [-0.2, -0.15) is 5.48 Å². The van der Waals surface area contributed by atoms with Crippen molar-refractivity contribution in [2.24, 2.45) is 11.8 Å². The molecule has 0 aliphatic heterocycles. The SMILES string of the molecule is CC(C)C[C@@H](ONC(=O)OCC1CCCCC1)C(=O)O. The van der Waals surface area contributed by atoms with Gasteiger partial charge >= 0.3 is 12.1 Å². The molecule has 0 spiro atoms. The van der Waals surface area contributed by atoms with Gasteiger partial charge in [0.2, 0.25) is 0 Å². The Bertz CT molecular complexity index is 313. The quantitative estimate of drug-likeness (QED) is 0.703. The van der Waals surface area contributed by atoms with Crippen LogP contribution >= 0.6 is 0 Å². The van der Waals surface area contributed by atoms with Gasteiger partial charge in [-0.05, 0) is 31.1 Å². The maximum Gasteiger partial charge on any atom is 0.431 e. The second-order valence-corrected chi connectivity index (χ2v) is 5.78. The second kappa shape index (κ2) is 8.79. The molecule has 1 saturated carbocycles. The molecule has 1 rings (SSSR count). The van der Waals surface area contributed by atoms with Crippen molar-refractivity contribution in [3.63, 3.8) is 0 Å². The smallest absolute Gasteiger partial charge is 0.431 e. The topological polar surface area (TPSA) is 84.9 Å². The van der Waals surface area contributed by atoms with Crippen molar-refractivity contribution in [2.45, 2.75) is 58.5 Å². The number of nitrogens with one attached hydrogen (secondary N) is 1. The van der Waals surface area contributed by atoms with Gasteiger partial charge in [0.05, 0.1) is 6.61 Å². The van der Waals surface area contributed by atoms with Crippen LogP contribution in [0.5, 0.6) is 0 Å². The highest BCUT2D eigenvalue weighted by molar-refractivity contribution is 5.73. The minimum atomic E-state index is -1.09. The lowest BCUT2D eigenvalue weighted by Gasteiger charge is -2.21. The van der Waals surface area contributed by atoms with Gasteiger partial charge < -0.3 is 9.84 Å². The van der Waals surface area contributed by atoms with Crippen LogP contribution in [0.4, 0.5) is 4.79 Å². The number of hydroxylamine groups is 1. The summed E-state index contributed by atoms with van der Waals surface area (Å²) in [7, 11) is 0. The van der Waals surface area contributed by atoms with E-state index in [2.05, 4.69) is 5.48 Å². The summed E-state index contributed by atoms with van der Waals surface area (Å²) in [4.78, 5) is 27.3. The van der Waals surface area contributed by atoms with Crippen molar-refractivity contribution in [3.05, 3.63) is 0 Å². The van der Waals surface area contributed by atoms with Crippen molar-refractivity contribution >= 4 is 12.1 Å². The highest BCUT2D eigenvalue weighted by atomic mass is 16.7. The number of carboxylic acids is 1. The summed E-state index contributed by atoms with van der Waals surface area (Å²) in [5.41, 5.74) is 2.07. The first kappa shape index (κ1) is 16.8. The summed E-state index contributed by atoms with van der Waals surface area (Å²) in [6.07, 6.45) is 4.35. The molecular weight excluding hydrogens is 262 g/mol. The van der Waals surface area contributed by atoms with E-state index in [1.165, 1.54) is 19.3 Å². The Morgan fingerprint density at radius 3 is 2.45 bits per heavy atom. The van der Waals surface area contributed by atoms with Gasteiger partial charge in [0.25, 0.3) is 0 Å². The van der Waals surface area contributed by atoms with Crippen LogP contribution in [0.15, 0.2) is 0 Å². The zero-order valence-electron chi connectivity index (χ0n) is 12.3.